The molecule has 0 saturated carbocycles. The highest BCUT2D eigenvalue weighted by atomic mass is 16.3. The van der Waals surface area contributed by atoms with Gasteiger partial charge in [0, 0.05) is 16.3 Å². The van der Waals surface area contributed by atoms with E-state index in [4.69, 9.17) is 4.42 Å². The number of carbonyl (C=O) groups is 1. The minimum atomic E-state index is 0.00255. The average molecular weight is 298 g/mol. The van der Waals surface area contributed by atoms with E-state index in [2.05, 4.69) is 6.07 Å². The van der Waals surface area contributed by atoms with E-state index in [1.807, 2.05) is 72.8 Å². The normalized spacial score (nSPS) is 11.5. The molecule has 0 radical (unpaired) electrons. The summed E-state index contributed by atoms with van der Waals surface area (Å²) < 4.78 is 5.81. The first-order valence-electron chi connectivity index (χ1n) is 7.50. The van der Waals surface area contributed by atoms with Gasteiger partial charge in [-0.05, 0) is 29.8 Å². The number of furan rings is 1. The largest absolute Gasteiger partial charge is 0.456 e. The second-order valence-electron chi connectivity index (χ2n) is 5.42. The first-order valence-corrected chi connectivity index (χ1v) is 7.50. The third kappa shape index (κ3) is 2.55. The number of rotatable bonds is 3. The van der Waals surface area contributed by atoms with Crippen molar-refractivity contribution in [2.75, 3.05) is 0 Å². The Kier molecular flexibility index (Phi) is 3.28. The van der Waals surface area contributed by atoms with Crippen LogP contribution in [-0.2, 0) is 0 Å². The molecule has 1 heterocycles. The lowest BCUT2D eigenvalue weighted by atomic mass is 10.1. The van der Waals surface area contributed by atoms with E-state index < -0.39 is 0 Å². The summed E-state index contributed by atoms with van der Waals surface area (Å²) in [7, 11) is 0. The summed E-state index contributed by atoms with van der Waals surface area (Å²) >= 11 is 0. The highest BCUT2D eigenvalue weighted by Crippen LogP contribution is 2.29. The van der Waals surface area contributed by atoms with Gasteiger partial charge in [-0.2, -0.15) is 0 Å². The molecule has 0 atom stereocenters. The maximum absolute atomic E-state index is 12.1. The van der Waals surface area contributed by atoms with Gasteiger partial charge in [-0.3, -0.25) is 4.79 Å². The molecule has 2 nitrogen and oxygen atoms in total. The molecule has 3 aromatic carbocycles. The van der Waals surface area contributed by atoms with Crippen molar-refractivity contribution in [1.29, 1.82) is 0 Å². The van der Waals surface area contributed by atoms with Crippen LogP contribution in [0.1, 0.15) is 15.9 Å². The zero-order valence-electron chi connectivity index (χ0n) is 12.4. The molecule has 0 bridgehead atoms. The minimum Gasteiger partial charge on any atom is -0.456 e. The van der Waals surface area contributed by atoms with Crippen molar-refractivity contribution in [3.05, 3.63) is 90.0 Å². The van der Waals surface area contributed by atoms with E-state index in [9.17, 15) is 4.79 Å². The van der Waals surface area contributed by atoms with Gasteiger partial charge in [-0.25, -0.2) is 0 Å². The third-order valence-electron chi connectivity index (χ3n) is 3.89. The fraction of sp³-hybridized carbons (Fsp3) is 0. The summed E-state index contributed by atoms with van der Waals surface area (Å²) in [5, 5.41) is 2.15. The number of carbonyl (C=O) groups excluding carboxylic acids is 1. The third-order valence-corrected chi connectivity index (χ3v) is 3.89. The molecule has 23 heavy (non-hydrogen) atoms. The maximum Gasteiger partial charge on any atom is 0.185 e. The summed E-state index contributed by atoms with van der Waals surface area (Å²) in [6.45, 7) is 0. The van der Waals surface area contributed by atoms with E-state index in [1.54, 1.807) is 6.08 Å². The van der Waals surface area contributed by atoms with Gasteiger partial charge in [-0.15, -0.1) is 0 Å². The molecule has 0 fully saturated rings. The Bertz CT molecular complexity index is 1020. The number of benzene rings is 3. The summed E-state index contributed by atoms with van der Waals surface area (Å²) in [6, 6.07) is 23.2. The van der Waals surface area contributed by atoms with Gasteiger partial charge in [0.1, 0.15) is 11.2 Å². The van der Waals surface area contributed by atoms with Gasteiger partial charge >= 0.3 is 0 Å². The molecular weight excluding hydrogens is 284 g/mol. The number of ketones is 1. The molecule has 0 aliphatic rings. The lowest BCUT2D eigenvalue weighted by Gasteiger charge is -1.96. The Morgan fingerprint density at radius 1 is 0.783 bits per heavy atom. The Balaban J connectivity index is 1.70. The molecule has 0 N–H and O–H groups in total. The first-order chi connectivity index (χ1) is 11.3. The van der Waals surface area contributed by atoms with Crippen molar-refractivity contribution in [2.24, 2.45) is 0 Å². The van der Waals surface area contributed by atoms with E-state index in [1.165, 1.54) is 0 Å². The van der Waals surface area contributed by atoms with Gasteiger partial charge in [0.25, 0.3) is 0 Å². The molecular formula is C21H14O2. The van der Waals surface area contributed by atoms with Crippen molar-refractivity contribution >= 4 is 33.8 Å². The number of allylic oxidation sites excluding steroid dienone is 1. The molecule has 4 rings (SSSR count). The smallest absolute Gasteiger partial charge is 0.185 e. The van der Waals surface area contributed by atoms with Crippen LogP contribution in [0.2, 0.25) is 0 Å². The molecule has 1 aromatic heterocycles. The molecule has 2 heteroatoms. The van der Waals surface area contributed by atoms with Crippen LogP contribution >= 0.6 is 0 Å². The van der Waals surface area contributed by atoms with Crippen molar-refractivity contribution < 1.29 is 9.21 Å². The Morgan fingerprint density at radius 3 is 2.39 bits per heavy atom. The quantitative estimate of drug-likeness (QED) is 0.370. The predicted molar refractivity (Wildman–Crippen MR) is 93.5 cm³/mol. The second-order valence-corrected chi connectivity index (χ2v) is 5.42. The van der Waals surface area contributed by atoms with Gasteiger partial charge in [0.15, 0.2) is 5.78 Å². The Morgan fingerprint density at radius 2 is 1.52 bits per heavy atom. The van der Waals surface area contributed by atoms with E-state index in [0.717, 1.165) is 27.5 Å². The van der Waals surface area contributed by atoms with Crippen LogP contribution in [-0.4, -0.2) is 5.78 Å². The maximum atomic E-state index is 12.1. The van der Waals surface area contributed by atoms with Crippen molar-refractivity contribution in [2.45, 2.75) is 0 Å². The zero-order valence-corrected chi connectivity index (χ0v) is 12.4. The summed E-state index contributed by atoms with van der Waals surface area (Å²) in [4.78, 5) is 12.1. The molecule has 0 aliphatic heterocycles. The predicted octanol–water partition coefficient (Wildman–Crippen LogP) is 5.48. The summed E-state index contributed by atoms with van der Waals surface area (Å²) in [5.41, 5.74) is 3.41. The Labute approximate surface area is 133 Å². The first kappa shape index (κ1) is 13.5. The average Bonchev–Trinajstić information content (AvgIpc) is 2.98. The molecule has 0 spiro atoms. The van der Waals surface area contributed by atoms with Crippen LogP contribution in [0, 0.1) is 0 Å². The summed E-state index contributed by atoms with van der Waals surface area (Å²) in [6.07, 6.45) is 3.45. The number of para-hydroxylation sites is 1. The fourth-order valence-electron chi connectivity index (χ4n) is 2.72. The van der Waals surface area contributed by atoms with E-state index in [-0.39, 0.29) is 5.78 Å². The number of fused-ring (bicyclic) bond motifs is 3. The summed E-state index contributed by atoms with van der Waals surface area (Å²) in [5.74, 6) is 0.00255. The second kappa shape index (κ2) is 5.58. The molecule has 4 aromatic rings. The van der Waals surface area contributed by atoms with Crippen LogP contribution in [0.5, 0.6) is 0 Å². The highest BCUT2D eigenvalue weighted by Gasteiger charge is 2.06. The van der Waals surface area contributed by atoms with E-state index in [0.29, 0.717) is 5.56 Å². The van der Waals surface area contributed by atoms with E-state index >= 15 is 0 Å². The minimum absolute atomic E-state index is 0.00255. The van der Waals surface area contributed by atoms with Gasteiger partial charge < -0.3 is 4.42 Å². The van der Waals surface area contributed by atoms with Crippen molar-refractivity contribution in [3.8, 4) is 0 Å². The monoisotopic (exact) mass is 298 g/mol. The van der Waals surface area contributed by atoms with Gasteiger partial charge in [0.2, 0.25) is 0 Å². The SMILES string of the molecule is O=C(/C=C/c1ccc2oc3ccccc3c2c1)c1ccccc1. The van der Waals surface area contributed by atoms with Crippen LogP contribution in [0.4, 0.5) is 0 Å². The topological polar surface area (TPSA) is 30.2 Å². The van der Waals surface area contributed by atoms with Crippen molar-refractivity contribution in [3.63, 3.8) is 0 Å². The van der Waals surface area contributed by atoms with Gasteiger partial charge in [0.05, 0.1) is 0 Å². The standard InChI is InChI=1S/C21H14O2/c22-19(16-6-2-1-3-7-16)12-10-15-11-13-21-18(14-15)17-8-4-5-9-20(17)23-21/h1-14H/b12-10+. The Hall–Kier alpha value is -3.13. The molecule has 110 valence electrons. The van der Waals surface area contributed by atoms with Crippen LogP contribution in [0.3, 0.4) is 0 Å². The number of hydrogen-bond donors (Lipinski definition) is 0. The lowest BCUT2D eigenvalue weighted by molar-refractivity contribution is 0.104. The number of hydrogen-bond acceptors (Lipinski definition) is 2. The fourth-order valence-corrected chi connectivity index (χ4v) is 2.72. The lowest BCUT2D eigenvalue weighted by Crippen LogP contribution is -1.92. The zero-order chi connectivity index (χ0) is 15.6. The van der Waals surface area contributed by atoms with Crippen LogP contribution < -0.4 is 0 Å². The molecule has 0 saturated heterocycles. The van der Waals surface area contributed by atoms with Crippen LogP contribution in [0.25, 0.3) is 28.0 Å². The molecule has 0 amide bonds. The molecule has 0 unspecified atom stereocenters. The molecule has 0 aliphatic carbocycles. The van der Waals surface area contributed by atoms with Crippen molar-refractivity contribution in [1.82, 2.24) is 0 Å². The van der Waals surface area contributed by atoms with Gasteiger partial charge in [-0.1, -0.05) is 60.7 Å². The van der Waals surface area contributed by atoms with Crippen LogP contribution in [0.15, 0.2) is 83.3 Å². The highest BCUT2D eigenvalue weighted by molar-refractivity contribution is 6.08.